The van der Waals surface area contributed by atoms with Gasteiger partial charge in [0, 0.05) is 39.0 Å². The third kappa shape index (κ3) is 4.59. The molecule has 3 heterocycles. The molecule has 150 valence electrons. The van der Waals surface area contributed by atoms with Crippen LogP contribution in [0.3, 0.4) is 0 Å². The quantitative estimate of drug-likeness (QED) is 0.808. The lowest BCUT2D eigenvalue weighted by Crippen LogP contribution is -2.45. The molecule has 1 atom stereocenters. The summed E-state index contributed by atoms with van der Waals surface area (Å²) in [4.78, 5) is 25.8. The molecular weight excluding hydrogens is 356 g/mol. The maximum Gasteiger partial charge on any atom is 0.267 e. The van der Waals surface area contributed by atoms with Gasteiger partial charge in [0.1, 0.15) is 5.71 Å². The molecule has 3 aliphatic rings. The second-order valence-corrected chi connectivity index (χ2v) is 8.03. The number of rotatable bonds is 5. The largest absolute Gasteiger partial charge is 0.370 e. The highest BCUT2D eigenvalue weighted by Crippen LogP contribution is 2.39. The molecular formula is C21H28N4O3. The fourth-order valence-corrected chi connectivity index (χ4v) is 4.31. The number of amides is 2. The molecule has 0 bridgehead atoms. The third-order valence-corrected chi connectivity index (χ3v) is 6.01. The van der Waals surface area contributed by atoms with Gasteiger partial charge < -0.3 is 10.1 Å². The van der Waals surface area contributed by atoms with E-state index in [4.69, 9.17) is 4.74 Å². The molecule has 1 unspecified atom stereocenters. The van der Waals surface area contributed by atoms with Crippen molar-refractivity contribution in [3.63, 3.8) is 0 Å². The fourth-order valence-electron chi connectivity index (χ4n) is 4.31. The van der Waals surface area contributed by atoms with Gasteiger partial charge in [0.2, 0.25) is 5.91 Å². The molecule has 0 saturated carbocycles. The number of carbonyl (C=O) groups is 2. The second kappa shape index (κ2) is 8.41. The summed E-state index contributed by atoms with van der Waals surface area (Å²) < 4.78 is 6.39. The van der Waals surface area contributed by atoms with Crippen molar-refractivity contribution < 1.29 is 14.3 Å². The molecule has 7 nitrogen and oxygen atoms in total. The minimum atomic E-state index is -0.206. The molecule has 7 heteroatoms. The average molecular weight is 384 g/mol. The monoisotopic (exact) mass is 384 g/mol. The standard InChI is InChI=1S/C21H28N4O3/c26-19-7-6-18(23-24-19)20(27)22-14-17-8-9-21(28-17)10-12-25(13-11-21)15-16-4-2-1-3-5-16/h1-5,17H,6-15H2,(H,22,27)(H,24,26). The van der Waals surface area contributed by atoms with Gasteiger partial charge in [-0.25, -0.2) is 5.43 Å². The first-order valence-electron chi connectivity index (χ1n) is 10.2. The normalized spacial score (nSPS) is 24.6. The topological polar surface area (TPSA) is 83.0 Å². The van der Waals surface area contributed by atoms with Crippen LogP contribution in [0, 0.1) is 0 Å². The number of carbonyl (C=O) groups excluding carboxylic acids is 2. The van der Waals surface area contributed by atoms with Crippen LogP contribution in [0.5, 0.6) is 0 Å². The van der Waals surface area contributed by atoms with E-state index in [9.17, 15) is 9.59 Å². The summed E-state index contributed by atoms with van der Waals surface area (Å²) in [5, 5.41) is 6.76. The molecule has 0 aliphatic carbocycles. The lowest BCUT2D eigenvalue weighted by molar-refractivity contribution is -0.121. The lowest BCUT2D eigenvalue weighted by atomic mass is 9.88. The van der Waals surface area contributed by atoms with Crippen LogP contribution in [0.4, 0.5) is 0 Å². The van der Waals surface area contributed by atoms with E-state index in [-0.39, 0.29) is 23.5 Å². The van der Waals surface area contributed by atoms with E-state index in [1.165, 1.54) is 5.56 Å². The number of hydrazone groups is 1. The zero-order valence-electron chi connectivity index (χ0n) is 16.2. The van der Waals surface area contributed by atoms with E-state index >= 15 is 0 Å². The van der Waals surface area contributed by atoms with Gasteiger partial charge in [-0.1, -0.05) is 30.3 Å². The predicted octanol–water partition coefficient (Wildman–Crippen LogP) is 1.58. The summed E-state index contributed by atoms with van der Waals surface area (Å²) in [5.41, 5.74) is 4.08. The summed E-state index contributed by atoms with van der Waals surface area (Å²) in [6.45, 7) is 3.59. The summed E-state index contributed by atoms with van der Waals surface area (Å²) in [6.07, 6.45) is 4.89. The molecule has 4 rings (SSSR count). The maximum atomic E-state index is 12.2. The van der Waals surface area contributed by atoms with Gasteiger partial charge in [0.05, 0.1) is 11.7 Å². The van der Waals surface area contributed by atoms with Crippen LogP contribution in [0.2, 0.25) is 0 Å². The summed E-state index contributed by atoms with van der Waals surface area (Å²) >= 11 is 0. The zero-order valence-corrected chi connectivity index (χ0v) is 16.2. The molecule has 2 saturated heterocycles. The molecule has 2 amide bonds. The zero-order chi connectivity index (χ0) is 19.4. The Morgan fingerprint density at radius 1 is 1.21 bits per heavy atom. The molecule has 2 N–H and O–H groups in total. The SMILES string of the molecule is O=C1CCC(C(=O)NCC2CCC3(CCN(Cc4ccccc4)CC3)O2)=NN1. The first kappa shape index (κ1) is 19.1. The van der Waals surface area contributed by atoms with Gasteiger partial charge in [-0.3, -0.25) is 14.5 Å². The Hall–Kier alpha value is -2.25. The van der Waals surface area contributed by atoms with Gasteiger partial charge in [0.25, 0.3) is 5.91 Å². The van der Waals surface area contributed by atoms with Crippen LogP contribution in [-0.4, -0.2) is 53.8 Å². The second-order valence-electron chi connectivity index (χ2n) is 8.03. The summed E-state index contributed by atoms with van der Waals surface area (Å²) in [5.74, 6) is -0.349. The highest BCUT2D eigenvalue weighted by atomic mass is 16.5. The Kier molecular flexibility index (Phi) is 5.73. The predicted molar refractivity (Wildman–Crippen MR) is 106 cm³/mol. The van der Waals surface area contributed by atoms with Gasteiger partial charge in [-0.2, -0.15) is 5.10 Å². The van der Waals surface area contributed by atoms with Crippen molar-refractivity contribution in [3.05, 3.63) is 35.9 Å². The Bertz CT molecular complexity index is 741. The molecule has 1 aromatic rings. The highest BCUT2D eigenvalue weighted by Gasteiger charge is 2.42. The molecule has 0 aromatic heterocycles. The van der Waals surface area contributed by atoms with Crippen molar-refractivity contribution in [1.29, 1.82) is 0 Å². The molecule has 1 spiro atoms. The van der Waals surface area contributed by atoms with Crippen molar-refractivity contribution in [2.45, 2.75) is 56.8 Å². The summed E-state index contributed by atoms with van der Waals surface area (Å²) in [7, 11) is 0. The Morgan fingerprint density at radius 3 is 2.71 bits per heavy atom. The van der Waals surface area contributed by atoms with Gasteiger partial charge in [0.15, 0.2) is 0 Å². The molecule has 1 aromatic carbocycles. The van der Waals surface area contributed by atoms with Crippen molar-refractivity contribution >= 4 is 17.5 Å². The molecule has 0 radical (unpaired) electrons. The van der Waals surface area contributed by atoms with Crippen LogP contribution in [0.15, 0.2) is 35.4 Å². The number of benzene rings is 1. The van der Waals surface area contributed by atoms with Crippen molar-refractivity contribution in [1.82, 2.24) is 15.6 Å². The lowest BCUT2D eigenvalue weighted by Gasteiger charge is -2.39. The van der Waals surface area contributed by atoms with E-state index in [1.54, 1.807) is 0 Å². The third-order valence-electron chi connectivity index (χ3n) is 6.01. The van der Waals surface area contributed by atoms with E-state index < -0.39 is 0 Å². The van der Waals surface area contributed by atoms with E-state index in [0.717, 1.165) is 45.3 Å². The smallest absolute Gasteiger partial charge is 0.267 e. The van der Waals surface area contributed by atoms with E-state index in [0.29, 0.717) is 25.1 Å². The highest BCUT2D eigenvalue weighted by molar-refractivity contribution is 6.39. The fraction of sp³-hybridized carbons (Fsp3) is 0.571. The Morgan fingerprint density at radius 2 is 2.00 bits per heavy atom. The van der Waals surface area contributed by atoms with Crippen LogP contribution < -0.4 is 10.7 Å². The number of hydrogen-bond donors (Lipinski definition) is 2. The molecule has 3 aliphatic heterocycles. The summed E-state index contributed by atoms with van der Waals surface area (Å²) in [6, 6.07) is 10.6. The average Bonchev–Trinajstić information content (AvgIpc) is 3.12. The number of nitrogens with zero attached hydrogens (tertiary/aromatic N) is 2. The van der Waals surface area contributed by atoms with Crippen LogP contribution >= 0.6 is 0 Å². The van der Waals surface area contributed by atoms with E-state index in [2.05, 4.69) is 51.1 Å². The van der Waals surface area contributed by atoms with Crippen LogP contribution in [0.1, 0.15) is 44.1 Å². The first-order chi connectivity index (χ1) is 13.6. The minimum Gasteiger partial charge on any atom is -0.370 e. The molecule has 2 fully saturated rings. The Balaban J connectivity index is 1.21. The first-order valence-corrected chi connectivity index (χ1v) is 10.2. The van der Waals surface area contributed by atoms with Crippen LogP contribution in [-0.2, 0) is 20.9 Å². The van der Waals surface area contributed by atoms with Crippen molar-refractivity contribution in [2.75, 3.05) is 19.6 Å². The Labute approximate surface area is 165 Å². The number of hydrogen-bond acceptors (Lipinski definition) is 5. The van der Waals surface area contributed by atoms with Gasteiger partial charge >= 0.3 is 0 Å². The number of nitrogens with one attached hydrogen (secondary N) is 2. The number of likely N-dealkylation sites (tertiary alicyclic amines) is 1. The van der Waals surface area contributed by atoms with E-state index in [1.807, 2.05) is 0 Å². The maximum absolute atomic E-state index is 12.2. The number of ether oxygens (including phenoxy) is 1. The minimum absolute atomic E-state index is 0.0289. The van der Waals surface area contributed by atoms with Crippen molar-refractivity contribution in [3.8, 4) is 0 Å². The van der Waals surface area contributed by atoms with Gasteiger partial charge in [-0.15, -0.1) is 0 Å². The number of piperidine rings is 1. The van der Waals surface area contributed by atoms with Gasteiger partial charge in [-0.05, 0) is 31.2 Å². The van der Waals surface area contributed by atoms with Crippen LogP contribution in [0.25, 0.3) is 0 Å². The molecule has 28 heavy (non-hydrogen) atoms. The van der Waals surface area contributed by atoms with Crippen molar-refractivity contribution in [2.24, 2.45) is 5.10 Å².